The largest absolute Gasteiger partial charge is 0.497 e. The smallest absolute Gasteiger partial charge is 0.371 e. The average molecular weight is 276 g/mol. The summed E-state index contributed by atoms with van der Waals surface area (Å²) >= 11 is 0. The Labute approximate surface area is 116 Å². The number of furan rings is 1. The van der Waals surface area contributed by atoms with E-state index in [2.05, 4.69) is 0 Å². The lowest BCUT2D eigenvalue weighted by molar-refractivity contribution is 0.0360. The summed E-state index contributed by atoms with van der Waals surface area (Å²) in [5.41, 5.74) is 1.00. The summed E-state index contributed by atoms with van der Waals surface area (Å²) in [7, 11) is 1.62. The number of methoxy groups -OCH3 is 1. The number of rotatable bonds is 6. The van der Waals surface area contributed by atoms with E-state index in [0.717, 1.165) is 11.3 Å². The molecule has 1 unspecified atom stereocenters. The Morgan fingerprint density at radius 1 is 1.25 bits per heavy atom. The molecule has 1 N–H and O–H groups in total. The van der Waals surface area contributed by atoms with Crippen molar-refractivity contribution in [3.63, 3.8) is 0 Å². The Morgan fingerprint density at radius 2 is 1.95 bits per heavy atom. The van der Waals surface area contributed by atoms with E-state index in [1.54, 1.807) is 13.2 Å². The van der Waals surface area contributed by atoms with Crippen LogP contribution in [0.1, 0.15) is 34.9 Å². The second-order valence-corrected chi connectivity index (χ2v) is 4.31. The molecule has 20 heavy (non-hydrogen) atoms. The fraction of sp³-hybridized carbons (Fsp3) is 0.267. The molecule has 0 saturated carbocycles. The van der Waals surface area contributed by atoms with Crippen LogP contribution in [0.4, 0.5) is 0 Å². The first kappa shape index (κ1) is 14.1. The summed E-state index contributed by atoms with van der Waals surface area (Å²) in [6.07, 6.45) is -0.315. The summed E-state index contributed by atoms with van der Waals surface area (Å²) in [5, 5.41) is 8.79. The lowest BCUT2D eigenvalue weighted by Gasteiger charge is -2.11. The first-order valence-corrected chi connectivity index (χ1v) is 6.17. The van der Waals surface area contributed by atoms with E-state index in [9.17, 15) is 4.79 Å². The number of hydrogen-bond acceptors (Lipinski definition) is 4. The second-order valence-electron chi connectivity index (χ2n) is 4.31. The third-order valence-electron chi connectivity index (χ3n) is 2.90. The van der Waals surface area contributed by atoms with E-state index in [0.29, 0.717) is 12.4 Å². The van der Waals surface area contributed by atoms with Crippen molar-refractivity contribution < 1.29 is 23.8 Å². The second kappa shape index (κ2) is 6.25. The van der Waals surface area contributed by atoms with Gasteiger partial charge in [0.15, 0.2) is 0 Å². The molecular formula is C15H16O5. The monoisotopic (exact) mass is 276 g/mol. The van der Waals surface area contributed by atoms with Gasteiger partial charge in [0.25, 0.3) is 0 Å². The standard InChI is InChI=1S/C15H16O5/c1-10(13-7-8-14(20-13)15(16)17)19-9-11-3-5-12(18-2)6-4-11/h3-8,10H,9H2,1-2H3,(H,16,17). The topological polar surface area (TPSA) is 68.9 Å². The number of aromatic carboxylic acids is 1. The van der Waals surface area contributed by atoms with Crippen LogP contribution < -0.4 is 4.74 Å². The maximum Gasteiger partial charge on any atom is 0.371 e. The Bertz CT molecular complexity index is 570. The summed E-state index contributed by atoms with van der Waals surface area (Å²) in [6, 6.07) is 10.6. The van der Waals surface area contributed by atoms with Gasteiger partial charge in [-0.3, -0.25) is 0 Å². The van der Waals surface area contributed by atoms with Crippen LogP contribution in [0, 0.1) is 0 Å². The van der Waals surface area contributed by atoms with Crippen molar-refractivity contribution in [2.75, 3.05) is 7.11 Å². The molecule has 106 valence electrons. The normalized spacial score (nSPS) is 12.1. The van der Waals surface area contributed by atoms with Crippen LogP contribution in [0.25, 0.3) is 0 Å². The van der Waals surface area contributed by atoms with Gasteiger partial charge in [-0.15, -0.1) is 0 Å². The highest BCUT2D eigenvalue weighted by Gasteiger charge is 2.14. The molecule has 5 heteroatoms. The fourth-order valence-electron chi connectivity index (χ4n) is 1.71. The van der Waals surface area contributed by atoms with E-state index in [4.69, 9.17) is 19.0 Å². The van der Waals surface area contributed by atoms with Crippen LogP contribution in [0.15, 0.2) is 40.8 Å². The summed E-state index contributed by atoms with van der Waals surface area (Å²) in [5.74, 6) is 0.119. The Kier molecular flexibility index (Phi) is 4.42. The SMILES string of the molecule is COc1ccc(COC(C)c2ccc(C(=O)O)o2)cc1. The quantitative estimate of drug-likeness (QED) is 0.877. The molecule has 0 aliphatic carbocycles. The lowest BCUT2D eigenvalue weighted by atomic mass is 10.2. The molecule has 0 amide bonds. The van der Waals surface area contributed by atoms with E-state index < -0.39 is 5.97 Å². The van der Waals surface area contributed by atoms with Crippen LogP contribution in [0.3, 0.4) is 0 Å². The van der Waals surface area contributed by atoms with Crippen LogP contribution in [0.2, 0.25) is 0 Å². The molecule has 0 saturated heterocycles. The number of carboxylic acids is 1. The number of ether oxygens (including phenoxy) is 2. The van der Waals surface area contributed by atoms with E-state index in [1.165, 1.54) is 6.07 Å². The number of carbonyl (C=O) groups is 1. The van der Waals surface area contributed by atoms with Crippen LogP contribution in [0.5, 0.6) is 5.75 Å². The van der Waals surface area contributed by atoms with Crippen molar-refractivity contribution in [2.45, 2.75) is 19.6 Å². The van der Waals surface area contributed by atoms with Gasteiger partial charge in [0.2, 0.25) is 5.76 Å². The van der Waals surface area contributed by atoms with Gasteiger partial charge >= 0.3 is 5.97 Å². The van der Waals surface area contributed by atoms with Gasteiger partial charge in [-0.1, -0.05) is 12.1 Å². The van der Waals surface area contributed by atoms with Crippen LogP contribution in [-0.4, -0.2) is 18.2 Å². The first-order chi connectivity index (χ1) is 9.60. The van der Waals surface area contributed by atoms with Crippen LogP contribution in [-0.2, 0) is 11.3 Å². The Hall–Kier alpha value is -2.27. The molecule has 0 bridgehead atoms. The van der Waals surface area contributed by atoms with Gasteiger partial charge < -0.3 is 19.0 Å². The van der Waals surface area contributed by atoms with Crippen molar-refractivity contribution in [2.24, 2.45) is 0 Å². The molecule has 1 aromatic heterocycles. The third kappa shape index (κ3) is 3.39. The van der Waals surface area contributed by atoms with Gasteiger partial charge in [0, 0.05) is 0 Å². The highest BCUT2D eigenvalue weighted by molar-refractivity contribution is 5.84. The minimum Gasteiger partial charge on any atom is -0.497 e. The van der Waals surface area contributed by atoms with E-state index >= 15 is 0 Å². The molecule has 0 aliphatic rings. The van der Waals surface area contributed by atoms with Gasteiger partial charge in [0.1, 0.15) is 17.6 Å². The number of benzene rings is 1. The maximum absolute atomic E-state index is 10.7. The van der Waals surface area contributed by atoms with Gasteiger partial charge in [-0.25, -0.2) is 4.79 Å². The molecule has 0 aliphatic heterocycles. The molecule has 1 atom stereocenters. The predicted molar refractivity (Wildman–Crippen MR) is 71.9 cm³/mol. The minimum atomic E-state index is -1.08. The van der Waals surface area contributed by atoms with E-state index in [-0.39, 0.29) is 11.9 Å². The van der Waals surface area contributed by atoms with Crippen molar-refractivity contribution in [3.8, 4) is 5.75 Å². The highest BCUT2D eigenvalue weighted by Crippen LogP contribution is 2.21. The van der Waals surface area contributed by atoms with Crippen molar-refractivity contribution >= 4 is 5.97 Å². The summed E-state index contributed by atoms with van der Waals surface area (Å²) in [4.78, 5) is 10.7. The maximum atomic E-state index is 10.7. The molecule has 2 aromatic rings. The fourth-order valence-corrected chi connectivity index (χ4v) is 1.71. The van der Waals surface area contributed by atoms with Crippen molar-refractivity contribution in [3.05, 3.63) is 53.5 Å². The molecule has 0 fully saturated rings. The molecule has 1 heterocycles. The molecule has 0 radical (unpaired) electrons. The first-order valence-electron chi connectivity index (χ1n) is 6.17. The van der Waals surface area contributed by atoms with Gasteiger partial charge in [-0.05, 0) is 36.8 Å². The molecule has 5 nitrogen and oxygen atoms in total. The Morgan fingerprint density at radius 3 is 2.50 bits per heavy atom. The predicted octanol–water partition coefficient (Wildman–Crippen LogP) is 3.26. The van der Waals surface area contributed by atoms with Gasteiger partial charge in [0.05, 0.1) is 13.7 Å². The zero-order valence-corrected chi connectivity index (χ0v) is 11.3. The van der Waals surface area contributed by atoms with Crippen LogP contribution >= 0.6 is 0 Å². The van der Waals surface area contributed by atoms with Crippen molar-refractivity contribution in [1.82, 2.24) is 0 Å². The Balaban J connectivity index is 1.93. The van der Waals surface area contributed by atoms with Crippen molar-refractivity contribution in [1.29, 1.82) is 0 Å². The van der Waals surface area contributed by atoms with E-state index in [1.807, 2.05) is 31.2 Å². The molecule has 1 aromatic carbocycles. The zero-order valence-electron chi connectivity index (χ0n) is 11.3. The third-order valence-corrected chi connectivity index (χ3v) is 2.90. The molecule has 0 spiro atoms. The molecular weight excluding hydrogens is 260 g/mol. The lowest BCUT2D eigenvalue weighted by Crippen LogP contribution is -2.00. The summed E-state index contributed by atoms with van der Waals surface area (Å²) < 4.78 is 15.9. The van der Waals surface area contributed by atoms with Gasteiger partial charge in [-0.2, -0.15) is 0 Å². The minimum absolute atomic E-state index is 0.0834. The average Bonchev–Trinajstić information content (AvgIpc) is 2.95. The highest BCUT2D eigenvalue weighted by atomic mass is 16.5. The summed E-state index contributed by atoms with van der Waals surface area (Å²) in [6.45, 7) is 2.22. The number of hydrogen-bond donors (Lipinski definition) is 1. The zero-order chi connectivity index (χ0) is 14.5. The molecule has 2 rings (SSSR count). The number of carboxylic acid groups (broad SMARTS) is 1.